The van der Waals surface area contributed by atoms with E-state index in [4.69, 9.17) is 9.47 Å². The van der Waals surface area contributed by atoms with Crippen molar-refractivity contribution >= 4 is 17.8 Å². The zero-order chi connectivity index (χ0) is 15.7. The largest absolute Gasteiger partial charge is 0.496 e. The third-order valence-corrected chi connectivity index (χ3v) is 3.95. The molecule has 0 bridgehead atoms. The Morgan fingerprint density at radius 2 is 1.86 bits per heavy atom. The molecule has 22 heavy (non-hydrogen) atoms. The molecule has 3 rings (SSSR count). The van der Waals surface area contributed by atoms with Crippen LogP contribution >= 0.6 is 0 Å². The normalized spacial score (nSPS) is 18.2. The lowest BCUT2D eigenvalue weighted by molar-refractivity contribution is -0.162. The number of hydrogen-bond acceptors (Lipinski definition) is 5. The van der Waals surface area contributed by atoms with E-state index in [0.29, 0.717) is 24.2 Å². The maximum atomic E-state index is 12.3. The van der Waals surface area contributed by atoms with Crippen molar-refractivity contribution < 1.29 is 23.9 Å². The van der Waals surface area contributed by atoms with Gasteiger partial charge < -0.3 is 14.8 Å². The number of para-hydroxylation sites is 1. The fraction of sp³-hybridized carbons (Fsp3) is 0.438. The van der Waals surface area contributed by atoms with Crippen LogP contribution in [0.5, 0.6) is 5.75 Å². The van der Waals surface area contributed by atoms with E-state index in [1.807, 2.05) is 0 Å². The fourth-order valence-electron chi connectivity index (χ4n) is 2.21. The summed E-state index contributed by atoms with van der Waals surface area (Å²) in [6.07, 6.45) is 2.49. The molecule has 0 heterocycles. The van der Waals surface area contributed by atoms with Crippen LogP contribution in [0.25, 0.3) is 0 Å². The summed E-state index contributed by atoms with van der Waals surface area (Å²) in [4.78, 5) is 36.0. The van der Waals surface area contributed by atoms with Crippen molar-refractivity contribution in [1.29, 1.82) is 0 Å². The minimum absolute atomic E-state index is 0.148. The first-order valence-corrected chi connectivity index (χ1v) is 7.27. The Balaban J connectivity index is 1.67. The molecule has 1 aromatic rings. The predicted octanol–water partition coefficient (Wildman–Crippen LogP) is 1.44. The van der Waals surface area contributed by atoms with Crippen molar-refractivity contribution in [3.05, 3.63) is 29.8 Å². The number of hydrogen-bond donors (Lipinski definition) is 1. The maximum Gasteiger partial charge on any atom is 0.339 e. The van der Waals surface area contributed by atoms with E-state index >= 15 is 0 Å². The lowest BCUT2D eigenvalue weighted by Crippen LogP contribution is -2.45. The average molecular weight is 303 g/mol. The molecule has 116 valence electrons. The third kappa shape index (κ3) is 2.81. The summed E-state index contributed by atoms with van der Waals surface area (Å²) in [5.41, 5.74) is -0.722. The second kappa shape index (κ2) is 5.44. The van der Waals surface area contributed by atoms with Crippen LogP contribution < -0.4 is 10.1 Å². The van der Waals surface area contributed by atoms with Crippen LogP contribution in [-0.4, -0.2) is 30.5 Å². The second-order valence-electron chi connectivity index (χ2n) is 5.72. The first kappa shape index (κ1) is 14.6. The Kier molecular flexibility index (Phi) is 3.60. The number of rotatable bonds is 5. The van der Waals surface area contributed by atoms with Crippen molar-refractivity contribution in [2.75, 3.05) is 7.11 Å². The fourth-order valence-corrected chi connectivity index (χ4v) is 2.21. The van der Waals surface area contributed by atoms with Gasteiger partial charge in [0.05, 0.1) is 18.6 Å². The van der Waals surface area contributed by atoms with Gasteiger partial charge in [0.2, 0.25) is 0 Å². The van der Waals surface area contributed by atoms with E-state index in [1.165, 1.54) is 7.11 Å². The Morgan fingerprint density at radius 1 is 1.18 bits per heavy atom. The van der Waals surface area contributed by atoms with Crippen LogP contribution in [-0.2, 0) is 14.3 Å². The highest BCUT2D eigenvalue weighted by atomic mass is 16.6. The number of carbonyl (C=O) groups excluding carboxylic acids is 3. The van der Waals surface area contributed by atoms with E-state index < -0.39 is 23.4 Å². The number of esters is 2. The first-order chi connectivity index (χ1) is 10.6. The number of ether oxygens (including phenoxy) is 2. The first-order valence-electron chi connectivity index (χ1n) is 7.27. The molecule has 0 unspecified atom stereocenters. The zero-order valence-electron chi connectivity index (χ0n) is 12.3. The minimum atomic E-state index is -1.07. The second-order valence-corrected chi connectivity index (χ2v) is 5.72. The molecule has 0 aromatic heterocycles. The van der Waals surface area contributed by atoms with Gasteiger partial charge in [-0.25, -0.2) is 4.79 Å². The van der Waals surface area contributed by atoms with Crippen molar-refractivity contribution in [3.63, 3.8) is 0 Å². The number of carbonyl (C=O) groups is 3. The molecular weight excluding hydrogens is 286 g/mol. The van der Waals surface area contributed by atoms with Gasteiger partial charge in [-0.2, -0.15) is 0 Å². The molecule has 0 radical (unpaired) electrons. The van der Waals surface area contributed by atoms with Crippen LogP contribution in [0.3, 0.4) is 0 Å². The van der Waals surface area contributed by atoms with Gasteiger partial charge in [0, 0.05) is 0 Å². The minimum Gasteiger partial charge on any atom is -0.496 e. The highest BCUT2D eigenvalue weighted by molar-refractivity contribution is 6.03. The molecule has 0 spiro atoms. The summed E-state index contributed by atoms with van der Waals surface area (Å²) in [6.45, 7) is 0. The van der Waals surface area contributed by atoms with Gasteiger partial charge >= 0.3 is 11.9 Å². The molecule has 0 atom stereocenters. The van der Waals surface area contributed by atoms with E-state index in [9.17, 15) is 14.4 Å². The molecule has 2 aliphatic rings. The molecule has 2 aliphatic carbocycles. The lowest BCUT2D eigenvalue weighted by atomic mass is 10.1. The van der Waals surface area contributed by atoms with E-state index in [0.717, 1.165) is 12.8 Å². The summed E-state index contributed by atoms with van der Waals surface area (Å²) >= 11 is 0. The van der Waals surface area contributed by atoms with Gasteiger partial charge in [-0.1, -0.05) is 12.1 Å². The summed E-state index contributed by atoms with van der Waals surface area (Å²) in [6, 6.07) is 6.76. The van der Waals surface area contributed by atoms with Gasteiger partial charge in [-0.05, 0) is 37.8 Å². The van der Waals surface area contributed by atoms with Gasteiger partial charge in [0.25, 0.3) is 5.91 Å². The smallest absolute Gasteiger partial charge is 0.339 e. The molecular formula is C16H17NO5. The van der Waals surface area contributed by atoms with Crippen molar-refractivity contribution in [3.8, 4) is 5.75 Å². The Hall–Kier alpha value is -2.37. The molecule has 2 saturated carbocycles. The van der Waals surface area contributed by atoms with Gasteiger partial charge in [0.15, 0.2) is 0 Å². The molecule has 6 heteroatoms. The van der Waals surface area contributed by atoms with Crippen LogP contribution in [0.15, 0.2) is 24.3 Å². The van der Waals surface area contributed by atoms with Gasteiger partial charge in [0.1, 0.15) is 11.3 Å². The summed E-state index contributed by atoms with van der Waals surface area (Å²) in [7, 11) is 1.47. The number of nitrogens with one attached hydrogen (secondary N) is 1. The third-order valence-electron chi connectivity index (χ3n) is 3.95. The summed E-state index contributed by atoms with van der Waals surface area (Å²) in [5.74, 6) is -1.27. The number of benzene rings is 1. The Labute approximate surface area is 127 Å². The van der Waals surface area contributed by atoms with Gasteiger partial charge in [-0.15, -0.1) is 0 Å². The predicted molar refractivity (Wildman–Crippen MR) is 76.2 cm³/mol. The van der Waals surface area contributed by atoms with Crippen molar-refractivity contribution in [2.45, 2.75) is 31.2 Å². The van der Waals surface area contributed by atoms with E-state index in [2.05, 4.69) is 5.32 Å². The van der Waals surface area contributed by atoms with Gasteiger partial charge in [-0.3, -0.25) is 9.59 Å². The van der Waals surface area contributed by atoms with E-state index in [-0.39, 0.29) is 5.92 Å². The summed E-state index contributed by atoms with van der Waals surface area (Å²) in [5, 5.41) is 2.68. The molecule has 2 fully saturated rings. The quantitative estimate of drug-likeness (QED) is 0.657. The topological polar surface area (TPSA) is 81.7 Å². The van der Waals surface area contributed by atoms with Crippen molar-refractivity contribution in [1.82, 2.24) is 5.32 Å². The zero-order valence-corrected chi connectivity index (χ0v) is 12.3. The van der Waals surface area contributed by atoms with Crippen LogP contribution in [0, 0.1) is 5.92 Å². The monoisotopic (exact) mass is 303 g/mol. The molecule has 1 amide bonds. The van der Waals surface area contributed by atoms with Crippen LogP contribution in [0.2, 0.25) is 0 Å². The van der Waals surface area contributed by atoms with Crippen LogP contribution in [0.4, 0.5) is 0 Å². The number of methoxy groups -OCH3 is 1. The number of amides is 1. The Bertz CT molecular complexity index is 631. The van der Waals surface area contributed by atoms with Crippen LogP contribution in [0.1, 0.15) is 36.0 Å². The lowest BCUT2D eigenvalue weighted by Gasteiger charge is -2.16. The highest BCUT2D eigenvalue weighted by Crippen LogP contribution is 2.38. The average Bonchev–Trinajstić information content (AvgIpc) is 3.40. The Morgan fingerprint density at radius 3 is 2.45 bits per heavy atom. The molecule has 0 aliphatic heterocycles. The molecule has 1 N–H and O–H groups in total. The maximum absolute atomic E-state index is 12.3. The van der Waals surface area contributed by atoms with Crippen molar-refractivity contribution in [2.24, 2.45) is 5.92 Å². The SMILES string of the molecule is COc1ccccc1C(=O)NC1(C(=O)OC(=O)C2CC2)CC1. The summed E-state index contributed by atoms with van der Waals surface area (Å²) < 4.78 is 10.0. The standard InChI is InChI=1S/C16H17NO5/c1-21-12-5-3-2-4-11(12)13(18)17-16(8-9-16)15(20)22-14(19)10-6-7-10/h2-5,10H,6-9H2,1H3,(H,17,18). The highest BCUT2D eigenvalue weighted by Gasteiger charge is 2.54. The molecule has 0 saturated heterocycles. The molecule has 1 aromatic carbocycles. The van der Waals surface area contributed by atoms with E-state index in [1.54, 1.807) is 24.3 Å². The molecule has 6 nitrogen and oxygen atoms in total.